The number of primary amides is 1. The summed E-state index contributed by atoms with van der Waals surface area (Å²) in [7, 11) is 1.60. The van der Waals surface area contributed by atoms with Crippen molar-refractivity contribution in [1.29, 1.82) is 0 Å². The molecule has 4 N–H and O–H groups in total. The van der Waals surface area contributed by atoms with Gasteiger partial charge in [0.1, 0.15) is 5.75 Å². The van der Waals surface area contributed by atoms with Crippen molar-refractivity contribution in [2.45, 2.75) is 13.8 Å². The van der Waals surface area contributed by atoms with Crippen molar-refractivity contribution in [3.63, 3.8) is 0 Å². The summed E-state index contributed by atoms with van der Waals surface area (Å²) >= 11 is 0. The minimum Gasteiger partial charge on any atom is -0.496 e. The molecule has 0 bridgehead atoms. The summed E-state index contributed by atoms with van der Waals surface area (Å²) in [5.74, 6) is 0.0935. The Bertz CT molecular complexity index is 987. The van der Waals surface area contributed by atoms with Crippen LogP contribution in [0.5, 0.6) is 5.75 Å². The lowest BCUT2D eigenvalue weighted by molar-refractivity contribution is 0.100. The van der Waals surface area contributed by atoms with Gasteiger partial charge in [-0.3, -0.25) is 4.79 Å². The van der Waals surface area contributed by atoms with Gasteiger partial charge in [0.15, 0.2) is 0 Å². The van der Waals surface area contributed by atoms with Crippen LogP contribution in [-0.4, -0.2) is 28.2 Å². The molecular formula is C19H19N5O2. The molecule has 7 nitrogen and oxygen atoms in total. The van der Waals surface area contributed by atoms with Crippen molar-refractivity contribution >= 4 is 11.6 Å². The van der Waals surface area contributed by atoms with Crippen LogP contribution in [-0.2, 0) is 0 Å². The zero-order chi connectivity index (χ0) is 18.8. The Labute approximate surface area is 151 Å². The molecule has 2 heterocycles. The Morgan fingerprint density at radius 2 is 1.92 bits per heavy atom. The number of anilines is 1. The number of pyridine rings is 1. The largest absolute Gasteiger partial charge is 0.496 e. The van der Waals surface area contributed by atoms with Gasteiger partial charge in [0.25, 0.3) is 5.91 Å². The van der Waals surface area contributed by atoms with Crippen LogP contribution in [0.3, 0.4) is 0 Å². The van der Waals surface area contributed by atoms with Gasteiger partial charge < -0.3 is 16.2 Å². The molecule has 0 saturated heterocycles. The van der Waals surface area contributed by atoms with Gasteiger partial charge in [-0.25, -0.2) is 4.98 Å². The minimum atomic E-state index is -0.618. The number of amides is 1. The predicted molar refractivity (Wildman–Crippen MR) is 99.7 cm³/mol. The first-order valence-electron chi connectivity index (χ1n) is 7.96. The number of hydrogen-bond donors (Lipinski definition) is 2. The van der Waals surface area contributed by atoms with Gasteiger partial charge in [0.05, 0.1) is 42.1 Å². The topological polar surface area (TPSA) is 117 Å². The maximum atomic E-state index is 11.9. The third-order valence-electron chi connectivity index (χ3n) is 4.28. The Hall–Kier alpha value is -3.48. The second-order valence-corrected chi connectivity index (χ2v) is 5.90. The van der Waals surface area contributed by atoms with E-state index in [9.17, 15) is 4.79 Å². The maximum Gasteiger partial charge on any atom is 0.250 e. The van der Waals surface area contributed by atoms with Crippen molar-refractivity contribution in [3.8, 4) is 28.3 Å². The number of aromatic nitrogens is 3. The van der Waals surface area contributed by atoms with Crippen LogP contribution in [0.25, 0.3) is 22.5 Å². The average Bonchev–Trinajstić information content (AvgIpc) is 2.63. The summed E-state index contributed by atoms with van der Waals surface area (Å²) in [5.41, 5.74) is 16.6. The Morgan fingerprint density at radius 3 is 2.54 bits per heavy atom. The zero-order valence-corrected chi connectivity index (χ0v) is 14.8. The number of carbonyl (C=O) groups excluding carboxylic acids is 1. The summed E-state index contributed by atoms with van der Waals surface area (Å²) in [5, 5.41) is 7.63. The smallest absolute Gasteiger partial charge is 0.250 e. The van der Waals surface area contributed by atoms with Crippen molar-refractivity contribution in [1.82, 2.24) is 15.2 Å². The highest BCUT2D eigenvalue weighted by Crippen LogP contribution is 2.37. The number of aryl methyl sites for hydroxylation is 1. The van der Waals surface area contributed by atoms with E-state index in [1.54, 1.807) is 31.6 Å². The summed E-state index contributed by atoms with van der Waals surface area (Å²) in [6.45, 7) is 3.88. The van der Waals surface area contributed by atoms with Crippen LogP contribution in [0, 0.1) is 13.8 Å². The van der Waals surface area contributed by atoms with Crippen molar-refractivity contribution in [2.24, 2.45) is 5.73 Å². The number of nitrogens with zero attached hydrogens (tertiary/aromatic N) is 3. The number of nitrogen functional groups attached to an aromatic ring is 1. The molecule has 0 saturated carbocycles. The summed E-state index contributed by atoms with van der Waals surface area (Å²) in [6.07, 6.45) is 3.12. The number of nitrogens with two attached hydrogens (primary N) is 2. The van der Waals surface area contributed by atoms with E-state index < -0.39 is 5.91 Å². The molecule has 0 aliphatic heterocycles. The van der Waals surface area contributed by atoms with E-state index in [1.165, 1.54) is 0 Å². The van der Waals surface area contributed by atoms with Crippen LogP contribution in [0.15, 0.2) is 36.7 Å². The van der Waals surface area contributed by atoms with E-state index >= 15 is 0 Å². The number of methoxy groups -OCH3 is 1. The summed E-state index contributed by atoms with van der Waals surface area (Å²) in [6, 6.07) is 7.14. The molecular weight excluding hydrogens is 330 g/mol. The van der Waals surface area contributed by atoms with Gasteiger partial charge in [-0.05, 0) is 37.6 Å². The highest BCUT2D eigenvalue weighted by atomic mass is 16.5. The molecule has 0 radical (unpaired) electrons. The van der Waals surface area contributed by atoms with E-state index in [1.807, 2.05) is 26.0 Å². The first-order chi connectivity index (χ1) is 12.4. The highest BCUT2D eigenvalue weighted by Gasteiger charge is 2.20. The first kappa shape index (κ1) is 17.3. The fourth-order valence-corrected chi connectivity index (χ4v) is 2.95. The van der Waals surface area contributed by atoms with Gasteiger partial charge in [0, 0.05) is 16.7 Å². The summed E-state index contributed by atoms with van der Waals surface area (Å²) in [4.78, 5) is 16.6. The molecule has 0 atom stereocenters. The van der Waals surface area contributed by atoms with E-state index in [0.717, 1.165) is 16.7 Å². The lowest BCUT2D eigenvalue weighted by atomic mass is 9.95. The van der Waals surface area contributed by atoms with Gasteiger partial charge in [-0.1, -0.05) is 6.07 Å². The molecule has 0 aliphatic carbocycles. The first-order valence-corrected chi connectivity index (χ1v) is 7.96. The van der Waals surface area contributed by atoms with Gasteiger partial charge in [-0.2, -0.15) is 10.2 Å². The van der Waals surface area contributed by atoms with E-state index in [-0.39, 0.29) is 11.3 Å². The number of rotatable bonds is 4. The standard InChI is InChI=1S/C19H19N5O2/c1-10-4-5-15(26-3)11(2)16(10)18-17(20)13(19(21)25)8-14(24-18)12-6-7-22-23-9-12/h4-9H,20H2,1-3H3,(H2,21,25). The molecule has 1 amide bonds. The molecule has 0 unspecified atom stereocenters. The Morgan fingerprint density at radius 1 is 1.15 bits per heavy atom. The van der Waals surface area contributed by atoms with Gasteiger partial charge in [0.2, 0.25) is 0 Å². The fraction of sp³-hybridized carbons (Fsp3) is 0.158. The molecule has 1 aromatic carbocycles. The monoisotopic (exact) mass is 349 g/mol. The Balaban J connectivity index is 2.35. The second kappa shape index (κ2) is 6.79. The predicted octanol–water partition coefficient (Wildman–Crippen LogP) is 2.51. The van der Waals surface area contributed by atoms with Crippen LogP contribution in [0.2, 0.25) is 0 Å². The maximum absolute atomic E-state index is 11.9. The van der Waals surface area contributed by atoms with Gasteiger partial charge >= 0.3 is 0 Å². The number of hydrogen-bond acceptors (Lipinski definition) is 6. The van der Waals surface area contributed by atoms with E-state index in [2.05, 4.69) is 10.2 Å². The normalized spacial score (nSPS) is 10.6. The summed E-state index contributed by atoms with van der Waals surface area (Å²) < 4.78 is 5.42. The van der Waals surface area contributed by atoms with Crippen molar-refractivity contribution < 1.29 is 9.53 Å². The average molecular weight is 349 g/mol. The van der Waals surface area contributed by atoms with Crippen molar-refractivity contribution in [2.75, 3.05) is 12.8 Å². The molecule has 0 aliphatic rings. The highest BCUT2D eigenvalue weighted by molar-refractivity contribution is 6.02. The molecule has 26 heavy (non-hydrogen) atoms. The fourth-order valence-electron chi connectivity index (χ4n) is 2.95. The molecule has 0 spiro atoms. The third-order valence-corrected chi connectivity index (χ3v) is 4.28. The lowest BCUT2D eigenvalue weighted by Gasteiger charge is -2.17. The minimum absolute atomic E-state index is 0.212. The Kier molecular flexibility index (Phi) is 4.53. The number of carbonyl (C=O) groups is 1. The molecule has 132 valence electrons. The zero-order valence-electron chi connectivity index (χ0n) is 14.8. The third kappa shape index (κ3) is 2.95. The quantitative estimate of drug-likeness (QED) is 0.747. The SMILES string of the molecule is COc1ccc(C)c(-c2nc(-c3ccnnc3)cc(C(N)=O)c2N)c1C. The van der Waals surface area contributed by atoms with Crippen LogP contribution >= 0.6 is 0 Å². The van der Waals surface area contributed by atoms with E-state index in [4.69, 9.17) is 21.2 Å². The van der Waals surface area contributed by atoms with Crippen molar-refractivity contribution in [3.05, 3.63) is 53.3 Å². The molecule has 2 aromatic heterocycles. The second-order valence-electron chi connectivity index (χ2n) is 5.90. The molecule has 0 fully saturated rings. The lowest BCUT2D eigenvalue weighted by Crippen LogP contribution is -2.15. The molecule has 3 rings (SSSR count). The van der Waals surface area contributed by atoms with Crippen LogP contribution in [0.1, 0.15) is 21.5 Å². The number of benzene rings is 1. The molecule has 7 heteroatoms. The van der Waals surface area contributed by atoms with Crippen LogP contribution in [0.4, 0.5) is 5.69 Å². The molecule has 3 aromatic rings. The van der Waals surface area contributed by atoms with E-state index in [0.29, 0.717) is 22.7 Å². The van der Waals surface area contributed by atoms with Gasteiger partial charge in [-0.15, -0.1) is 0 Å². The van der Waals surface area contributed by atoms with Crippen LogP contribution < -0.4 is 16.2 Å². The number of ether oxygens (including phenoxy) is 1.